The standard InChI is InChI=1S/C18H30N4O3/c1-12(2)24-15-7-6-14(19)16(21-15)20-13-8-10-22(11-9-13)17(23)25-18(3,4)5/h6-7,12-13H,8-11,19H2,1-5H3,(H,20,21). The molecule has 0 aliphatic carbocycles. The van der Waals surface area contributed by atoms with E-state index < -0.39 is 5.60 Å². The summed E-state index contributed by atoms with van der Waals surface area (Å²) in [6.45, 7) is 10.8. The average molecular weight is 350 g/mol. The minimum Gasteiger partial charge on any atom is -0.475 e. The molecule has 25 heavy (non-hydrogen) atoms. The Morgan fingerprint density at radius 3 is 2.52 bits per heavy atom. The zero-order valence-electron chi connectivity index (χ0n) is 15.8. The molecule has 0 aromatic carbocycles. The summed E-state index contributed by atoms with van der Waals surface area (Å²) in [5.41, 5.74) is 6.14. The Balaban J connectivity index is 1.90. The molecule has 0 spiro atoms. The van der Waals surface area contributed by atoms with Gasteiger partial charge in [0.05, 0.1) is 11.8 Å². The SMILES string of the molecule is CC(C)Oc1ccc(N)c(NC2CCN(C(=O)OC(C)(C)C)CC2)n1. The van der Waals surface area contributed by atoms with Crippen LogP contribution in [0, 0.1) is 0 Å². The molecular formula is C18H30N4O3. The van der Waals surface area contributed by atoms with Crippen LogP contribution in [-0.4, -0.2) is 46.8 Å². The highest BCUT2D eigenvalue weighted by Crippen LogP contribution is 2.24. The first-order chi connectivity index (χ1) is 11.6. The van der Waals surface area contributed by atoms with Crippen LogP contribution >= 0.6 is 0 Å². The number of rotatable bonds is 4. The Morgan fingerprint density at radius 1 is 1.32 bits per heavy atom. The number of aromatic nitrogens is 1. The number of pyridine rings is 1. The van der Waals surface area contributed by atoms with E-state index in [9.17, 15) is 4.79 Å². The number of carbonyl (C=O) groups is 1. The minimum atomic E-state index is -0.471. The van der Waals surface area contributed by atoms with Gasteiger partial charge >= 0.3 is 6.09 Å². The fourth-order valence-corrected chi connectivity index (χ4v) is 2.60. The largest absolute Gasteiger partial charge is 0.475 e. The van der Waals surface area contributed by atoms with Gasteiger partial charge in [-0.05, 0) is 53.5 Å². The highest BCUT2D eigenvalue weighted by molar-refractivity contribution is 5.68. The number of anilines is 2. The van der Waals surface area contributed by atoms with Crippen LogP contribution in [0.15, 0.2) is 12.1 Å². The van der Waals surface area contributed by atoms with Crippen molar-refractivity contribution in [3.05, 3.63) is 12.1 Å². The number of ether oxygens (including phenoxy) is 2. The topological polar surface area (TPSA) is 89.7 Å². The van der Waals surface area contributed by atoms with E-state index in [1.807, 2.05) is 34.6 Å². The molecule has 1 aliphatic rings. The highest BCUT2D eigenvalue weighted by atomic mass is 16.6. The van der Waals surface area contributed by atoms with Crippen LogP contribution in [0.4, 0.5) is 16.3 Å². The second kappa shape index (κ2) is 7.80. The fourth-order valence-electron chi connectivity index (χ4n) is 2.60. The molecule has 1 saturated heterocycles. The predicted octanol–water partition coefficient (Wildman–Crippen LogP) is 3.26. The first-order valence-corrected chi connectivity index (χ1v) is 8.81. The number of nitrogens with two attached hydrogens (primary N) is 1. The number of likely N-dealkylation sites (tertiary alicyclic amines) is 1. The van der Waals surface area contributed by atoms with E-state index in [1.54, 1.807) is 17.0 Å². The van der Waals surface area contributed by atoms with Crippen molar-refractivity contribution in [1.29, 1.82) is 0 Å². The molecule has 1 aromatic rings. The molecule has 0 bridgehead atoms. The van der Waals surface area contributed by atoms with E-state index in [4.69, 9.17) is 15.2 Å². The Bertz CT molecular complexity index is 590. The summed E-state index contributed by atoms with van der Waals surface area (Å²) in [6.07, 6.45) is 1.43. The first-order valence-electron chi connectivity index (χ1n) is 8.81. The maximum Gasteiger partial charge on any atom is 0.410 e. The summed E-state index contributed by atoms with van der Waals surface area (Å²) in [7, 11) is 0. The van der Waals surface area contributed by atoms with Crippen molar-refractivity contribution in [1.82, 2.24) is 9.88 Å². The molecular weight excluding hydrogens is 320 g/mol. The van der Waals surface area contributed by atoms with Crippen LogP contribution < -0.4 is 15.8 Å². The summed E-state index contributed by atoms with van der Waals surface area (Å²) in [6, 6.07) is 3.77. The smallest absolute Gasteiger partial charge is 0.410 e. The molecule has 3 N–H and O–H groups in total. The third-order valence-electron chi connectivity index (χ3n) is 3.74. The molecule has 7 heteroatoms. The molecule has 1 fully saturated rings. The van der Waals surface area contributed by atoms with Crippen LogP contribution in [0.3, 0.4) is 0 Å². The van der Waals surface area contributed by atoms with Crippen LogP contribution in [0.25, 0.3) is 0 Å². The third-order valence-corrected chi connectivity index (χ3v) is 3.74. The predicted molar refractivity (Wildman–Crippen MR) is 98.9 cm³/mol. The lowest BCUT2D eigenvalue weighted by atomic mass is 10.1. The Morgan fingerprint density at radius 2 is 1.96 bits per heavy atom. The summed E-state index contributed by atoms with van der Waals surface area (Å²) >= 11 is 0. The number of amides is 1. The number of nitrogen functional groups attached to an aromatic ring is 1. The summed E-state index contributed by atoms with van der Waals surface area (Å²) in [5, 5.41) is 3.38. The van der Waals surface area contributed by atoms with E-state index in [1.165, 1.54) is 0 Å². The molecule has 0 unspecified atom stereocenters. The highest BCUT2D eigenvalue weighted by Gasteiger charge is 2.27. The normalized spacial score (nSPS) is 16.0. The van der Waals surface area contributed by atoms with E-state index in [0.717, 1.165) is 12.8 Å². The van der Waals surface area contributed by atoms with E-state index in [-0.39, 0.29) is 18.2 Å². The van der Waals surface area contributed by atoms with Gasteiger partial charge < -0.3 is 25.4 Å². The number of hydrogen-bond donors (Lipinski definition) is 2. The van der Waals surface area contributed by atoms with Gasteiger partial charge in [0.25, 0.3) is 0 Å². The van der Waals surface area contributed by atoms with Crippen molar-refractivity contribution in [2.45, 2.75) is 65.2 Å². The van der Waals surface area contributed by atoms with Crippen molar-refractivity contribution in [3.63, 3.8) is 0 Å². The zero-order chi connectivity index (χ0) is 18.6. The minimum absolute atomic E-state index is 0.0565. The fraction of sp³-hybridized carbons (Fsp3) is 0.667. The zero-order valence-corrected chi connectivity index (χ0v) is 15.8. The van der Waals surface area contributed by atoms with Gasteiger partial charge in [0, 0.05) is 25.2 Å². The van der Waals surface area contributed by atoms with Crippen molar-refractivity contribution in [2.24, 2.45) is 0 Å². The second-order valence-electron chi connectivity index (χ2n) is 7.64. The van der Waals surface area contributed by atoms with Crippen molar-refractivity contribution < 1.29 is 14.3 Å². The first kappa shape index (κ1) is 19.1. The van der Waals surface area contributed by atoms with E-state index in [2.05, 4.69) is 10.3 Å². The summed E-state index contributed by atoms with van der Waals surface area (Å²) in [4.78, 5) is 18.3. The Kier molecular flexibility index (Phi) is 5.98. The maximum atomic E-state index is 12.1. The van der Waals surface area contributed by atoms with Gasteiger partial charge in [0.1, 0.15) is 5.60 Å². The quantitative estimate of drug-likeness (QED) is 0.866. The Labute approximate surface area is 149 Å². The van der Waals surface area contributed by atoms with Crippen LogP contribution in [0.5, 0.6) is 5.88 Å². The van der Waals surface area contributed by atoms with Crippen molar-refractivity contribution in [3.8, 4) is 5.88 Å². The molecule has 1 aliphatic heterocycles. The lowest BCUT2D eigenvalue weighted by Gasteiger charge is -2.34. The van der Waals surface area contributed by atoms with Crippen LogP contribution in [0.2, 0.25) is 0 Å². The molecule has 0 saturated carbocycles. The second-order valence-corrected chi connectivity index (χ2v) is 7.64. The van der Waals surface area contributed by atoms with Gasteiger partial charge in [0.15, 0.2) is 5.82 Å². The summed E-state index contributed by atoms with van der Waals surface area (Å²) < 4.78 is 11.0. The molecule has 2 heterocycles. The number of hydrogen-bond acceptors (Lipinski definition) is 6. The molecule has 2 rings (SSSR count). The third kappa shape index (κ3) is 5.99. The van der Waals surface area contributed by atoms with Crippen molar-refractivity contribution in [2.75, 3.05) is 24.1 Å². The summed E-state index contributed by atoms with van der Waals surface area (Å²) in [5.74, 6) is 1.19. The van der Waals surface area contributed by atoms with Gasteiger partial charge in [-0.25, -0.2) is 4.79 Å². The number of nitrogens with zero attached hydrogens (tertiary/aromatic N) is 2. The lowest BCUT2D eigenvalue weighted by Crippen LogP contribution is -2.44. The van der Waals surface area contributed by atoms with Crippen LogP contribution in [0.1, 0.15) is 47.5 Å². The van der Waals surface area contributed by atoms with Gasteiger partial charge in [0.2, 0.25) is 5.88 Å². The van der Waals surface area contributed by atoms with Crippen molar-refractivity contribution >= 4 is 17.6 Å². The molecule has 140 valence electrons. The monoisotopic (exact) mass is 350 g/mol. The Hall–Kier alpha value is -2.18. The van der Waals surface area contributed by atoms with E-state index >= 15 is 0 Å². The lowest BCUT2D eigenvalue weighted by molar-refractivity contribution is 0.0210. The molecule has 1 aromatic heterocycles. The number of piperidine rings is 1. The van der Waals surface area contributed by atoms with Gasteiger partial charge in [-0.3, -0.25) is 0 Å². The molecule has 0 radical (unpaired) electrons. The van der Waals surface area contributed by atoms with Gasteiger partial charge in [-0.1, -0.05) is 0 Å². The van der Waals surface area contributed by atoms with Gasteiger partial charge in [-0.2, -0.15) is 4.98 Å². The molecule has 7 nitrogen and oxygen atoms in total. The molecule has 1 amide bonds. The molecule has 0 atom stereocenters. The number of nitrogens with one attached hydrogen (secondary N) is 1. The van der Waals surface area contributed by atoms with Gasteiger partial charge in [-0.15, -0.1) is 0 Å². The van der Waals surface area contributed by atoms with E-state index in [0.29, 0.717) is 30.5 Å². The average Bonchev–Trinajstić information content (AvgIpc) is 2.49. The maximum absolute atomic E-state index is 12.1. The number of carbonyl (C=O) groups excluding carboxylic acids is 1. The van der Waals surface area contributed by atoms with Crippen LogP contribution in [-0.2, 0) is 4.74 Å².